The Balaban J connectivity index is 1.42. The summed E-state index contributed by atoms with van der Waals surface area (Å²) in [6.07, 6.45) is 3.77. The number of allylic oxidation sites excluding steroid dienone is 1. The number of para-hydroxylation sites is 1. The van der Waals surface area contributed by atoms with Crippen molar-refractivity contribution in [1.82, 2.24) is 0 Å². The van der Waals surface area contributed by atoms with Crippen molar-refractivity contribution in [3.63, 3.8) is 0 Å². The van der Waals surface area contributed by atoms with E-state index in [9.17, 15) is 18.9 Å². The molecule has 172 valence electrons. The molecule has 1 aromatic rings. The highest BCUT2D eigenvalue weighted by atomic mass is 32.2. The van der Waals surface area contributed by atoms with Crippen molar-refractivity contribution in [3.8, 4) is 0 Å². The van der Waals surface area contributed by atoms with Gasteiger partial charge in [-0.2, -0.15) is 0 Å². The Morgan fingerprint density at radius 1 is 1.19 bits per heavy atom. The van der Waals surface area contributed by atoms with Gasteiger partial charge < -0.3 is 9.84 Å². The van der Waals surface area contributed by atoms with E-state index in [2.05, 4.69) is 13.8 Å². The van der Waals surface area contributed by atoms with Gasteiger partial charge in [-0.15, -0.1) is 0 Å². The van der Waals surface area contributed by atoms with Gasteiger partial charge in [-0.1, -0.05) is 32.0 Å². The largest absolute Gasteiger partial charge is 0.392 e. The molecule has 5 rings (SSSR count). The Labute approximate surface area is 191 Å². The summed E-state index contributed by atoms with van der Waals surface area (Å²) in [6, 6.07) is 8.94. The molecular formula is C25H31NO5S. The minimum atomic E-state index is -1.35. The van der Waals surface area contributed by atoms with Crippen molar-refractivity contribution >= 4 is 28.3 Å². The van der Waals surface area contributed by atoms with Gasteiger partial charge in [-0.05, 0) is 55.2 Å². The molecule has 0 radical (unpaired) electrons. The molecule has 1 saturated heterocycles. The van der Waals surface area contributed by atoms with Gasteiger partial charge in [0.05, 0.1) is 29.7 Å². The van der Waals surface area contributed by atoms with Crippen LogP contribution in [0.25, 0.3) is 0 Å². The molecule has 2 saturated carbocycles. The molecule has 7 heteroatoms. The number of hydrogen-bond acceptors (Lipinski definition) is 5. The molecule has 3 fully saturated rings. The van der Waals surface area contributed by atoms with Crippen LogP contribution in [0.4, 0.5) is 5.69 Å². The summed E-state index contributed by atoms with van der Waals surface area (Å²) in [4.78, 5) is 28.4. The van der Waals surface area contributed by atoms with E-state index in [0.717, 1.165) is 19.3 Å². The molecule has 1 heterocycles. The summed E-state index contributed by atoms with van der Waals surface area (Å²) < 4.78 is 19.2. The van der Waals surface area contributed by atoms with Crippen LogP contribution in [0.15, 0.2) is 41.3 Å². The number of carbonyl (C=O) groups is 2. The van der Waals surface area contributed by atoms with Gasteiger partial charge in [-0.3, -0.25) is 13.8 Å². The lowest BCUT2D eigenvalue weighted by Gasteiger charge is -2.40. The SMILES string of the molecule is CO[C@H]1C=C(S(=O)C[C@]23CC[C@H](C[C@H]2O)C3(C)C)C[C@@H]2C(=O)N(c3ccccc3)C(=O)[C@H]12. The summed E-state index contributed by atoms with van der Waals surface area (Å²) >= 11 is 0. The molecule has 0 spiro atoms. The number of aliphatic hydroxyl groups excluding tert-OH is 1. The number of hydrogen-bond donors (Lipinski definition) is 1. The molecule has 6 nitrogen and oxygen atoms in total. The number of ether oxygens (including phenoxy) is 1. The second-order valence-electron chi connectivity index (χ2n) is 10.4. The number of rotatable bonds is 5. The standard InChI is InChI=1S/C25H31NO5S/c1-24(2)15-9-10-25(24,20(27)11-15)14-32(30)17-12-18-21(19(13-17)31-3)23(29)26(22(18)28)16-7-5-4-6-8-16/h4-8,13,15,18-21,27H,9-12,14H2,1-3H3/t15-,18+,19+,20-,21+,25-,32?/m1/s1. The number of carbonyl (C=O) groups excluding carboxylic acids is 2. The highest BCUT2D eigenvalue weighted by Crippen LogP contribution is 2.66. The molecule has 2 bridgehead atoms. The van der Waals surface area contributed by atoms with Gasteiger partial charge in [0, 0.05) is 34.0 Å². The highest BCUT2D eigenvalue weighted by molar-refractivity contribution is 7.89. The molecule has 32 heavy (non-hydrogen) atoms. The van der Waals surface area contributed by atoms with Gasteiger partial charge in [0.15, 0.2) is 0 Å². The molecule has 7 atom stereocenters. The maximum Gasteiger partial charge on any atom is 0.240 e. The Morgan fingerprint density at radius 2 is 1.91 bits per heavy atom. The second kappa shape index (κ2) is 7.61. The van der Waals surface area contributed by atoms with Gasteiger partial charge >= 0.3 is 0 Å². The summed E-state index contributed by atoms with van der Waals surface area (Å²) in [5.74, 6) is -0.843. The van der Waals surface area contributed by atoms with Crippen molar-refractivity contribution in [2.45, 2.75) is 51.7 Å². The zero-order valence-electron chi connectivity index (χ0n) is 18.8. The molecule has 1 N–H and O–H groups in total. The summed E-state index contributed by atoms with van der Waals surface area (Å²) in [5, 5.41) is 10.9. The van der Waals surface area contributed by atoms with Crippen LogP contribution in [-0.2, 0) is 25.1 Å². The lowest BCUT2D eigenvalue weighted by atomic mass is 9.70. The fourth-order valence-corrected chi connectivity index (χ4v) is 8.84. The van der Waals surface area contributed by atoms with Crippen LogP contribution in [0.3, 0.4) is 0 Å². The van der Waals surface area contributed by atoms with Crippen LogP contribution in [0, 0.1) is 28.6 Å². The Kier molecular flexibility index (Phi) is 5.23. The van der Waals surface area contributed by atoms with Crippen molar-refractivity contribution in [1.29, 1.82) is 0 Å². The number of benzene rings is 1. The van der Waals surface area contributed by atoms with Crippen molar-refractivity contribution in [2.75, 3.05) is 17.8 Å². The zero-order chi connectivity index (χ0) is 22.8. The lowest BCUT2D eigenvalue weighted by molar-refractivity contribution is -0.124. The zero-order valence-corrected chi connectivity index (χ0v) is 19.6. The number of fused-ring (bicyclic) bond motifs is 3. The molecule has 1 unspecified atom stereocenters. The predicted molar refractivity (Wildman–Crippen MR) is 122 cm³/mol. The molecular weight excluding hydrogens is 426 g/mol. The maximum absolute atomic E-state index is 13.6. The maximum atomic E-state index is 13.6. The number of amides is 2. The molecule has 1 aromatic carbocycles. The van der Waals surface area contributed by atoms with Gasteiger partial charge in [0.1, 0.15) is 0 Å². The van der Waals surface area contributed by atoms with E-state index >= 15 is 0 Å². The number of imide groups is 1. The number of nitrogens with zero attached hydrogens (tertiary/aromatic N) is 1. The van der Waals surface area contributed by atoms with Crippen LogP contribution >= 0.6 is 0 Å². The topological polar surface area (TPSA) is 83.9 Å². The number of anilines is 1. The number of methoxy groups -OCH3 is 1. The first-order chi connectivity index (χ1) is 15.2. The van der Waals surface area contributed by atoms with E-state index in [-0.39, 0.29) is 22.6 Å². The highest BCUT2D eigenvalue weighted by Gasteiger charge is 2.64. The minimum Gasteiger partial charge on any atom is -0.392 e. The summed E-state index contributed by atoms with van der Waals surface area (Å²) in [6.45, 7) is 4.39. The molecule has 1 aliphatic heterocycles. The lowest BCUT2D eigenvalue weighted by Crippen LogP contribution is -2.44. The van der Waals surface area contributed by atoms with Crippen LogP contribution in [0.5, 0.6) is 0 Å². The fraction of sp³-hybridized carbons (Fsp3) is 0.600. The third-order valence-corrected chi connectivity index (χ3v) is 10.6. The van der Waals surface area contributed by atoms with Crippen LogP contribution in [0.2, 0.25) is 0 Å². The average Bonchev–Trinajstić information content (AvgIpc) is 3.25. The molecule has 3 aliphatic carbocycles. The van der Waals surface area contributed by atoms with Crippen LogP contribution < -0.4 is 4.90 Å². The molecule has 4 aliphatic rings. The quantitative estimate of drug-likeness (QED) is 0.687. The monoisotopic (exact) mass is 457 g/mol. The smallest absolute Gasteiger partial charge is 0.240 e. The first-order valence-electron chi connectivity index (χ1n) is 11.4. The normalized spacial score (nSPS) is 38.7. The molecule has 2 amide bonds. The Morgan fingerprint density at radius 3 is 2.50 bits per heavy atom. The summed E-state index contributed by atoms with van der Waals surface area (Å²) in [7, 11) is 0.174. The van der Waals surface area contributed by atoms with Crippen LogP contribution in [0.1, 0.15) is 39.5 Å². The van der Waals surface area contributed by atoms with Crippen LogP contribution in [-0.4, -0.2) is 46.2 Å². The Hall–Kier alpha value is -1.83. The number of aliphatic hydroxyl groups is 1. The van der Waals surface area contributed by atoms with E-state index in [0.29, 0.717) is 28.7 Å². The van der Waals surface area contributed by atoms with Crippen molar-refractivity contribution in [2.24, 2.45) is 28.6 Å². The minimum absolute atomic E-state index is 0.0657. The van der Waals surface area contributed by atoms with Crippen molar-refractivity contribution in [3.05, 3.63) is 41.3 Å². The average molecular weight is 458 g/mol. The second-order valence-corrected chi connectivity index (χ2v) is 11.9. The van der Waals surface area contributed by atoms with Gasteiger partial charge in [-0.25, -0.2) is 4.90 Å². The van der Waals surface area contributed by atoms with Gasteiger partial charge in [0.25, 0.3) is 0 Å². The third kappa shape index (κ3) is 2.94. The fourth-order valence-electron chi connectivity index (χ4n) is 6.83. The van der Waals surface area contributed by atoms with E-state index in [4.69, 9.17) is 4.74 Å². The van der Waals surface area contributed by atoms with E-state index in [1.807, 2.05) is 6.07 Å². The third-order valence-electron chi connectivity index (χ3n) is 8.96. The van der Waals surface area contributed by atoms with E-state index < -0.39 is 34.8 Å². The summed E-state index contributed by atoms with van der Waals surface area (Å²) in [5.41, 5.74) is 0.124. The van der Waals surface area contributed by atoms with Gasteiger partial charge in [0.2, 0.25) is 11.8 Å². The van der Waals surface area contributed by atoms with E-state index in [1.54, 1.807) is 30.3 Å². The Bertz CT molecular complexity index is 1000. The van der Waals surface area contributed by atoms with Crippen molar-refractivity contribution < 1.29 is 23.6 Å². The predicted octanol–water partition coefficient (Wildman–Crippen LogP) is 3.03. The van der Waals surface area contributed by atoms with E-state index in [1.165, 1.54) is 12.0 Å². The first-order valence-corrected chi connectivity index (χ1v) is 12.8. The first kappa shape index (κ1) is 22.0. The molecule has 0 aromatic heterocycles.